The van der Waals surface area contributed by atoms with Crippen LogP contribution in [0.5, 0.6) is 0 Å². The number of carbonyl (C=O) groups is 1. The summed E-state index contributed by atoms with van der Waals surface area (Å²) in [6.07, 6.45) is 3.87. The fourth-order valence-electron chi connectivity index (χ4n) is 2.87. The predicted octanol–water partition coefficient (Wildman–Crippen LogP) is 3.13. The summed E-state index contributed by atoms with van der Waals surface area (Å²) in [5.74, 6) is -0.170. The predicted molar refractivity (Wildman–Crippen MR) is 88.7 cm³/mol. The largest absolute Gasteiger partial charge is 0.371 e. The van der Waals surface area contributed by atoms with E-state index in [1.807, 2.05) is 42.1 Å². The highest BCUT2D eigenvalue weighted by molar-refractivity contribution is 7.15. The van der Waals surface area contributed by atoms with E-state index in [1.165, 1.54) is 11.3 Å². The molecule has 23 heavy (non-hydrogen) atoms. The van der Waals surface area contributed by atoms with Gasteiger partial charge in [0.25, 0.3) is 5.91 Å². The number of carbonyl (C=O) groups excluding carboxylic acids is 1. The van der Waals surface area contributed by atoms with Gasteiger partial charge in [0.15, 0.2) is 0 Å². The molecule has 1 aliphatic rings. The SMILES string of the molecule is Cn1cc(C(=O)Nc2nnc([C@H]3CCCO3)s2)c2ccccc21. The molecule has 2 aromatic heterocycles. The van der Waals surface area contributed by atoms with Crippen molar-refractivity contribution in [2.45, 2.75) is 18.9 Å². The molecule has 0 radical (unpaired) electrons. The molecule has 0 aliphatic carbocycles. The molecule has 3 heterocycles. The van der Waals surface area contributed by atoms with Crippen molar-refractivity contribution in [1.82, 2.24) is 14.8 Å². The van der Waals surface area contributed by atoms with Gasteiger partial charge >= 0.3 is 0 Å². The summed E-state index contributed by atoms with van der Waals surface area (Å²) >= 11 is 1.38. The maximum absolute atomic E-state index is 12.6. The van der Waals surface area contributed by atoms with Crippen molar-refractivity contribution in [1.29, 1.82) is 0 Å². The molecule has 1 atom stereocenters. The van der Waals surface area contributed by atoms with E-state index in [2.05, 4.69) is 15.5 Å². The minimum atomic E-state index is -0.170. The normalized spacial score (nSPS) is 17.7. The van der Waals surface area contributed by atoms with Gasteiger partial charge in [-0.2, -0.15) is 0 Å². The lowest BCUT2D eigenvalue weighted by atomic mass is 10.1. The molecular weight excluding hydrogens is 312 g/mol. The van der Waals surface area contributed by atoms with Crippen LogP contribution in [0.4, 0.5) is 5.13 Å². The zero-order valence-corrected chi connectivity index (χ0v) is 13.5. The number of benzene rings is 1. The number of hydrogen-bond donors (Lipinski definition) is 1. The third kappa shape index (κ3) is 2.62. The molecule has 1 amide bonds. The summed E-state index contributed by atoms with van der Waals surface area (Å²) in [5, 5.41) is 13.3. The Morgan fingerprint density at radius 2 is 2.26 bits per heavy atom. The lowest BCUT2D eigenvalue weighted by Gasteiger charge is -2.02. The van der Waals surface area contributed by atoms with Crippen LogP contribution in [0, 0.1) is 0 Å². The van der Waals surface area contributed by atoms with Gasteiger partial charge in [-0.25, -0.2) is 0 Å². The highest BCUT2D eigenvalue weighted by Crippen LogP contribution is 2.32. The average molecular weight is 328 g/mol. The number of nitrogens with one attached hydrogen (secondary N) is 1. The first-order chi connectivity index (χ1) is 11.2. The highest BCUT2D eigenvalue weighted by atomic mass is 32.1. The first-order valence-electron chi connectivity index (χ1n) is 7.53. The molecule has 3 aromatic rings. The number of aromatic nitrogens is 3. The summed E-state index contributed by atoms with van der Waals surface area (Å²) in [6, 6.07) is 7.83. The van der Waals surface area contributed by atoms with Crippen LogP contribution in [0.15, 0.2) is 30.5 Å². The average Bonchev–Trinajstić information content (AvgIpc) is 3.27. The van der Waals surface area contributed by atoms with Crippen LogP contribution in [0.2, 0.25) is 0 Å². The molecule has 1 aromatic carbocycles. The smallest absolute Gasteiger partial charge is 0.259 e. The van der Waals surface area contributed by atoms with Crippen molar-refractivity contribution in [3.8, 4) is 0 Å². The fraction of sp³-hybridized carbons (Fsp3) is 0.312. The van der Waals surface area contributed by atoms with Gasteiger partial charge in [0.2, 0.25) is 5.13 Å². The fourth-order valence-corrected chi connectivity index (χ4v) is 3.70. The second-order valence-electron chi connectivity index (χ2n) is 5.57. The molecule has 1 aliphatic heterocycles. The summed E-state index contributed by atoms with van der Waals surface area (Å²) in [5.41, 5.74) is 1.66. The van der Waals surface area contributed by atoms with E-state index in [9.17, 15) is 4.79 Å². The molecule has 1 N–H and O–H groups in total. The number of ether oxygens (including phenoxy) is 1. The Balaban J connectivity index is 1.57. The van der Waals surface area contributed by atoms with Crippen LogP contribution in [0.25, 0.3) is 10.9 Å². The van der Waals surface area contributed by atoms with Crippen molar-refractivity contribution in [2.24, 2.45) is 7.05 Å². The van der Waals surface area contributed by atoms with E-state index in [-0.39, 0.29) is 12.0 Å². The zero-order chi connectivity index (χ0) is 15.8. The monoisotopic (exact) mass is 328 g/mol. The van der Waals surface area contributed by atoms with Gasteiger partial charge in [-0.15, -0.1) is 10.2 Å². The molecule has 1 saturated heterocycles. The van der Waals surface area contributed by atoms with Crippen LogP contribution in [0.3, 0.4) is 0 Å². The summed E-state index contributed by atoms with van der Waals surface area (Å²) in [4.78, 5) is 12.6. The van der Waals surface area contributed by atoms with Gasteiger partial charge in [-0.1, -0.05) is 29.5 Å². The van der Waals surface area contributed by atoms with Crippen LogP contribution in [-0.4, -0.2) is 27.3 Å². The molecule has 0 bridgehead atoms. The first kappa shape index (κ1) is 14.3. The Hall–Kier alpha value is -2.25. The summed E-state index contributed by atoms with van der Waals surface area (Å²) in [7, 11) is 1.93. The Bertz CT molecular complexity index is 864. The molecule has 4 rings (SSSR count). The van der Waals surface area contributed by atoms with Crippen LogP contribution in [-0.2, 0) is 11.8 Å². The number of hydrogen-bond acceptors (Lipinski definition) is 5. The standard InChI is InChI=1S/C16H16N4O2S/c1-20-9-11(10-5-2-3-6-12(10)20)14(21)17-16-19-18-15(23-16)13-7-4-8-22-13/h2-3,5-6,9,13H,4,7-8H2,1H3,(H,17,19,21)/t13-/m1/s1. The lowest BCUT2D eigenvalue weighted by Crippen LogP contribution is -2.11. The number of nitrogens with zero attached hydrogens (tertiary/aromatic N) is 3. The van der Waals surface area contributed by atoms with Crippen LogP contribution < -0.4 is 5.32 Å². The van der Waals surface area contributed by atoms with Crippen molar-refractivity contribution in [3.63, 3.8) is 0 Å². The molecule has 0 spiro atoms. The molecule has 0 saturated carbocycles. The van der Waals surface area contributed by atoms with Gasteiger partial charge in [-0.3, -0.25) is 10.1 Å². The first-order valence-corrected chi connectivity index (χ1v) is 8.34. The summed E-state index contributed by atoms with van der Waals surface area (Å²) < 4.78 is 7.54. The quantitative estimate of drug-likeness (QED) is 0.802. The topological polar surface area (TPSA) is 69.0 Å². The number of para-hydroxylation sites is 1. The van der Waals surface area contributed by atoms with E-state index in [0.717, 1.165) is 35.4 Å². The lowest BCUT2D eigenvalue weighted by molar-refractivity contribution is 0.102. The minimum Gasteiger partial charge on any atom is -0.371 e. The maximum Gasteiger partial charge on any atom is 0.259 e. The molecule has 118 valence electrons. The molecule has 7 heteroatoms. The van der Waals surface area contributed by atoms with Gasteiger partial charge in [0.1, 0.15) is 11.1 Å². The number of anilines is 1. The van der Waals surface area contributed by atoms with E-state index in [4.69, 9.17) is 4.74 Å². The van der Waals surface area contributed by atoms with E-state index in [0.29, 0.717) is 10.7 Å². The van der Waals surface area contributed by atoms with Gasteiger partial charge in [0.05, 0.1) is 5.56 Å². The van der Waals surface area contributed by atoms with E-state index >= 15 is 0 Å². The highest BCUT2D eigenvalue weighted by Gasteiger charge is 2.23. The second kappa shape index (κ2) is 5.75. The number of amides is 1. The Morgan fingerprint density at radius 1 is 1.39 bits per heavy atom. The Labute approximate surface area is 137 Å². The minimum absolute atomic E-state index is 0.0238. The number of rotatable bonds is 3. The van der Waals surface area contributed by atoms with Crippen LogP contribution in [0.1, 0.15) is 34.3 Å². The van der Waals surface area contributed by atoms with Crippen molar-refractivity contribution in [3.05, 3.63) is 41.0 Å². The van der Waals surface area contributed by atoms with Gasteiger partial charge in [0, 0.05) is 30.8 Å². The third-order valence-corrected chi connectivity index (χ3v) is 4.94. The molecule has 1 fully saturated rings. The number of aryl methyl sites for hydroxylation is 1. The zero-order valence-electron chi connectivity index (χ0n) is 12.7. The van der Waals surface area contributed by atoms with Crippen LogP contribution >= 0.6 is 11.3 Å². The van der Waals surface area contributed by atoms with Crippen molar-refractivity contribution in [2.75, 3.05) is 11.9 Å². The van der Waals surface area contributed by atoms with Gasteiger partial charge < -0.3 is 9.30 Å². The van der Waals surface area contributed by atoms with Crippen molar-refractivity contribution >= 4 is 33.3 Å². The molecular formula is C16H16N4O2S. The van der Waals surface area contributed by atoms with E-state index < -0.39 is 0 Å². The summed E-state index contributed by atoms with van der Waals surface area (Å²) in [6.45, 7) is 0.766. The third-order valence-electron chi connectivity index (χ3n) is 4.01. The molecule has 0 unspecified atom stereocenters. The maximum atomic E-state index is 12.6. The molecule has 6 nitrogen and oxygen atoms in total. The Kier molecular flexibility index (Phi) is 3.59. The van der Waals surface area contributed by atoms with Gasteiger partial charge in [-0.05, 0) is 18.9 Å². The second-order valence-corrected chi connectivity index (χ2v) is 6.58. The van der Waals surface area contributed by atoms with E-state index in [1.54, 1.807) is 0 Å². The van der Waals surface area contributed by atoms with Crippen molar-refractivity contribution < 1.29 is 9.53 Å². The number of fused-ring (bicyclic) bond motifs is 1. The Morgan fingerprint density at radius 3 is 3.09 bits per heavy atom.